The molecule has 21 heavy (non-hydrogen) atoms. The van der Waals surface area contributed by atoms with Gasteiger partial charge in [-0.3, -0.25) is 4.79 Å². The number of rotatable bonds is 4. The highest BCUT2D eigenvalue weighted by Crippen LogP contribution is 2.26. The van der Waals surface area contributed by atoms with Crippen LogP contribution in [0.1, 0.15) is 18.4 Å². The highest BCUT2D eigenvalue weighted by molar-refractivity contribution is 6.42. The Morgan fingerprint density at radius 3 is 2.43 bits per heavy atom. The maximum absolute atomic E-state index is 12.1. The van der Waals surface area contributed by atoms with Crippen LogP contribution in [0, 0.1) is 11.8 Å². The molecule has 0 aliphatic heterocycles. The van der Waals surface area contributed by atoms with Gasteiger partial charge in [0.2, 0.25) is 5.91 Å². The second-order valence-electron chi connectivity index (χ2n) is 4.94. The minimum atomic E-state index is -1.19. The van der Waals surface area contributed by atoms with Gasteiger partial charge in [0.1, 0.15) is 0 Å². The Morgan fingerprint density at radius 1 is 1.14 bits per heavy atom. The third-order valence-corrected chi connectivity index (χ3v) is 4.26. The summed E-state index contributed by atoms with van der Waals surface area (Å²) in [7, 11) is 0. The van der Waals surface area contributed by atoms with E-state index in [4.69, 9.17) is 23.2 Å². The van der Waals surface area contributed by atoms with Gasteiger partial charge in [-0.1, -0.05) is 41.4 Å². The molecule has 1 amide bonds. The summed E-state index contributed by atoms with van der Waals surface area (Å²) in [5.41, 5.74) is 0.800. The molecule has 2 atom stereocenters. The molecule has 1 N–H and O–H groups in total. The number of carboxylic acid groups (broad SMARTS) is 1. The molecular formula is C15H14Cl2NO3-. The maximum atomic E-state index is 12.1. The Bertz CT molecular complexity index is 586. The first-order valence-electron chi connectivity index (χ1n) is 6.56. The summed E-state index contributed by atoms with van der Waals surface area (Å²) in [4.78, 5) is 23.2. The normalized spacial score (nSPS) is 21.0. The lowest BCUT2D eigenvalue weighted by Gasteiger charge is -2.28. The van der Waals surface area contributed by atoms with E-state index in [0.717, 1.165) is 5.56 Å². The zero-order chi connectivity index (χ0) is 15.4. The molecule has 2 rings (SSSR count). The summed E-state index contributed by atoms with van der Waals surface area (Å²) in [6.07, 6.45) is 4.32. The Labute approximate surface area is 132 Å². The van der Waals surface area contributed by atoms with Crippen LogP contribution in [0.4, 0.5) is 0 Å². The van der Waals surface area contributed by atoms with E-state index in [1.165, 1.54) is 0 Å². The average Bonchev–Trinajstić information content (AvgIpc) is 2.48. The van der Waals surface area contributed by atoms with Crippen molar-refractivity contribution >= 4 is 35.1 Å². The molecule has 0 radical (unpaired) electrons. The highest BCUT2D eigenvalue weighted by Gasteiger charge is 2.29. The van der Waals surface area contributed by atoms with Crippen molar-refractivity contribution in [2.75, 3.05) is 0 Å². The number of halogens is 2. The smallest absolute Gasteiger partial charge is 0.224 e. The Balaban J connectivity index is 1.99. The molecule has 6 heteroatoms. The molecule has 0 fully saturated rings. The van der Waals surface area contributed by atoms with Crippen LogP contribution < -0.4 is 10.4 Å². The first-order valence-corrected chi connectivity index (χ1v) is 7.32. The number of allylic oxidation sites excluding steroid dienone is 2. The fraction of sp³-hybridized carbons (Fsp3) is 0.333. The summed E-state index contributed by atoms with van der Waals surface area (Å²) in [6, 6.07) is 5.07. The van der Waals surface area contributed by atoms with Crippen LogP contribution >= 0.6 is 23.2 Å². The average molecular weight is 327 g/mol. The molecule has 0 aromatic heterocycles. The largest absolute Gasteiger partial charge is 0.550 e. The fourth-order valence-corrected chi connectivity index (χ4v) is 2.66. The molecule has 1 aliphatic carbocycles. The molecule has 0 spiro atoms. The Morgan fingerprint density at radius 2 is 1.81 bits per heavy atom. The van der Waals surface area contributed by atoms with Crippen LogP contribution in [0.2, 0.25) is 10.0 Å². The van der Waals surface area contributed by atoms with Gasteiger partial charge < -0.3 is 15.2 Å². The highest BCUT2D eigenvalue weighted by atomic mass is 35.5. The predicted octanol–water partition coefficient (Wildman–Crippen LogP) is 1.94. The van der Waals surface area contributed by atoms with Gasteiger partial charge in [0.25, 0.3) is 0 Å². The zero-order valence-electron chi connectivity index (χ0n) is 11.1. The van der Waals surface area contributed by atoms with Crippen molar-refractivity contribution in [2.45, 2.75) is 19.4 Å². The van der Waals surface area contributed by atoms with Crippen molar-refractivity contribution in [3.63, 3.8) is 0 Å². The summed E-state index contributed by atoms with van der Waals surface area (Å²) in [5.74, 6) is -2.85. The van der Waals surface area contributed by atoms with E-state index in [9.17, 15) is 14.7 Å². The second-order valence-corrected chi connectivity index (χ2v) is 5.76. The van der Waals surface area contributed by atoms with E-state index in [-0.39, 0.29) is 12.5 Å². The van der Waals surface area contributed by atoms with Crippen LogP contribution in [0.25, 0.3) is 0 Å². The lowest BCUT2D eigenvalue weighted by molar-refractivity contribution is -0.313. The predicted molar refractivity (Wildman–Crippen MR) is 78.7 cm³/mol. The van der Waals surface area contributed by atoms with Gasteiger partial charge in [0.15, 0.2) is 0 Å². The van der Waals surface area contributed by atoms with Gasteiger partial charge >= 0.3 is 0 Å². The van der Waals surface area contributed by atoms with E-state index in [2.05, 4.69) is 5.32 Å². The van der Waals surface area contributed by atoms with Crippen molar-refractivity contribution < 1.29 is 14.7 Å². The van der Waals surface area contributed by atoms with Crippen LogP contribution in [-0.4, -0.2) is 11.9 Å². The van der Waals surface area contributed by atoms with Gasteiger partial charge in [-0.2, -0.15) is 0 Å². The molecule has 1 aromatic carbocycles. The van der Waals surface area contributed by atoms with E-state index >= 15 is 0 Å². The van der Waals surface area contributed by atoms with Gasteiger partial charge in [-0.05, 0) is 30.5 Å². The summed E-state index contributed by atoms with van der Waals surface area (Å²) < 4.78 is 0. The van der Waals surface area contributed by atoms with Crippen molar-refractivity contribution in [3.05, 3.63) is 46.0 Å². The number of carbonyl (C=O) groups excluding carboxylic acids is 2. The summed E-state index contributed by atoms with van der Waals surface area (Å²) in [6.45, 7) is 0.274. The number of amides is 1. The van der Waals surface area contributed by atoms with Crippen molar-refractivity contribution in [1.82, 2.24) is 5.32 Å². The van der Waals surface area contributed by atoms with Gasteiger partial charge in [0.05, 0.1) is 10.0 Å². The molecule has 112 valence electrons. The molecular weight excluding hydrogens is 313 g/mol. The lowest BCUT2D eigenvalue weighted by atomic mass is 9.82. The van der Waals surface area contributed by atoms with Gasteiger partial charge in [-0.15, -0.1) is 0 Å². The van der Waals surface area contributed by atoms with Gasteiger partial charge in [0, 0.05) is 24.3 Å². The first kappa shape index (κ1) is 15.9. The minimum Gasteiger partial charge on any atom is -0.550 e. The first-order chi connectivity index (χ1) is 9.99. The van der Waals surface area contributed by atoms with Gasteiger partial charge in [-0.25, -0.2) is 0 Å². The number of nitrogens with one attached hydrogen (secondary N) is 1. The van der Waals surface area contributed by atoms with E-state index in [0.29, 0.717) is 22.9 Å². The third kappa shape index (κ3) is 3.99. The van der Waals surface area contributed by atoms with Crippen molar-refractivity contribution in [1.29, 1.82) is 0 Å². The van der Waals surface area contributed by atoms with Crippen LogP contribution in [0.15, 0.2) is 30.4 Å². The monoisotopic (exact) mass is 326 g/mol. The SMILES string of the molecule is O=C([O-])[C@H]1CC=CC[C@H]1C(=O)NCc1ccc(Cl)c(Cl)c1. The van der Waals surface area contributed by atoms with E-state index in [1.54, 1.807) is 24.3 Å². The number of benzene rings is 1. The maximum Gasteiger partial charge on any atom is 0.224 e. The van der Waals surface area contributed by atoms with E-state index in [1.807, 2.05) is 6.08 Å². The second kappa shape index (κ2) is 6.96. The van der Waals surface area contributed by atoms with Crippen LogP contribution in [0.5, 0.6) is 0 Å². The molecule has 0 bridgehead atoms. The van der Waals surface area contributed by atoms with E-state index < -0.39 is 17.8 Å². The number of carboxylic acids is 1. The summed E-state index contributed by atoms with van der Waals surface area (Å²) in [5, 5.41) is 14.7. The Hall–Kier alpha value is -1.52. The molecule has 0 saturated heterocycles. The molecule has 0 heterocycles. The number of carbonyl (C=O) groups is 2. The molecule has 1 aromatic rings. The number of hydrogen-bond acceptors (Lipinski definition) is 3. The quantitative estimate of drug-likeness (QED) is 0.860. The lowest BCUT2D eigenvalue weighted by Crippen LogP contribution is -2.43. The topological polar surface area (TPSA) is 69.2 Å². The van der Waals surface area contributed by atoms with Crippen LogP contribution in [0.3, 0.4) is 0 Å². The molecule has 4 nitrogen and oxygen atoms in total. The molecule has 1 aliphatic rings. The van der Waals surface area contributed by atoms with Crippen molar-refractivity contribution in [3.8, 4) is 0 Å². The summed E-state index contributed by atoms with van der Waals surface area (Å²) >= 11 is 11.7. The van der Waals surface area contributed by atoms with Crippen LogP contribution in [-0.2, 0) is 16.1 Å². The number of aliphatic carboxylic acids is 1. The minimum absolute atomic E-state index is 0.274. The molecule has 0 unspecified atom stereocenters. The number of hydrogen-bond donors (Lipinski definition) is 1. The third-order valence-electron chi connectivity index (χ3n) is 3.52. The van der Waals surface area contributed by atoms with Crippen molar-refractivity contribution in [2.24, 2.45) is 11.8 Å². The Kier molecular flexibility index (Phi) is 5.26. The zero-order valence-corrected chi connectivity index (χ0v) is 12.7. The molecule has 0 saturated carbocycles. The fourth-order valence-electron chi connectivity index (χ4n) is 2.33. The standard InChI is InChI=1S/C15H15Cl2NO3/c16-12-6-5-9(7-13(12)17)8-18-14(19)10-3-1-2-4-11(10)15(20)21/h1-2,5-7,10-11H,3-4,8H2,(H,18,19)(H,20,21)/p-1/t10-,11+/m1/s1.